The normalized spacial score (nSPS) is 14.6. The van der Waals surface area contributed by atoms with Crippen LogP contribution < -0.4 is 19.1 Å². The zero-order valence-corrected chi connectivity index (χ0v) is 22.4. The van der Waals surface area contributed by atoms with Gasteiger partial charge in [0.1, 0.15) is 5.75 Å². The molecule has 1 heterocycles. The Labute approximate surface area is 219 Å². The minimum Gasteiger partial charge on any atom is -0.495 e. The molecule has 33 heavy (non-hydrogen) atoms. The fourth-order valence-electron chi connectivity index (χ4n) is 2.90. The van der Waals surface area contributed by atoms with E-state index in [0.717, 1.165) is 5.56 Å². The summed E-state index contributed by atoms with van der Waals surface area (Å²) >= 11 is 14.9. The summed E-state index contributed by atoms with van der Waals surface area (Å²) in [5.41, 5.74) is 1.28. The van der Waals surface area contributed by atoms with Crippen molar-refractivity contribution in [3.8, 4) is 17.2 Å². The summed E-state index contributed by atoms with van der Waals surface area (Å²) in [4.78, 5) is 26.5. The molecule has 174 valence electrons. The van der Waals surface area contributed by atoms with Crippen LogP contribution in [0.3, 0.4) is 0 Å². The van der Waals surface area contributed by atoms with Gasteiger partial charge >= 0.3 is 5.97 Å². The zero-order valence-electron chi connectivity index (χ0n) is 17.8. The lowest BCUT2D eigenvalue weighted by molar-refractivity contribution is -0.142. The van der Waals surface area contributed by atoms with Crippen LogP contribution in [0.15, 0.2) is 35.2 Å². The van der Waals surface area contributed by atoms with Gasteiger partial charge in [-0.15, -0.1) is 0 Å². The van der Waals surface area contributed by atoms with Gasteiger partial charge in [0.05, 0.1) is 40.0 Å². The average Bonchev–Trinajstić information content (AvgIpc) is 3.05. The van der Waals surface area contributed by atoms with Crippen LogP contribution >= 0.6 is 58.2 Å². The van der Waals surface area contributed by atoms with Gasteiger partial charge in [-0.3, -0.25) is 9.69 Å². The number of halogens is 2. The number of carbonyl (C=O) groups is 2. The summed E-state index contributed by atoms with van der Waals surface area (Å²) in [6.45, 7) is 2.00. The van der Waals surface area contributed by atoms with E-state index in [2.05, 4.69) is 27.3 Å². The number of rotatable bonds is 8. The first kappa shape index (κ1) is 25.6. The summed E-state index contributed by atoms with van der Waals surface area (Å²) in [5.74, 6) is 0.635. The lowest BCUT2D eigenvalue weighted by atomic mass is 10.1. The average molecular weight is 620 g/mol. The van der Waals surface area contributed by atoms with E-state index in [4.69, 9.17) is 38.0 Å². The Morgan fingerprint density at radius 1 is 1.21 bits per heavy atom. The van der Waals surface area contributed by atoms with Crippen molar-refractivity contribution in [3.63, 3.8) is 0 Å². The molecule has 0 saturated carbocycles. The maximum atomic E-state index is 13.1. The van der Waals surface area contributed by atoms with Gasteiger partial charge < -0.3 is 18.9 Å². The van der Waals surface area contributed by atoms with E-state index in [9.17, 15) is 9.59 Å². The van der Waals surface area contributed by atoms with E-state index < -0.39 is 5.97 Å². The molecular formula is C22H19ClINO6S2. The number of hydrogen-bond donors (Lipinski definition) is 0. The predicted molar refractivity (Wildman–Crippen MR) is 141 cm³/mol. The number of thiocarbonyl (C=S) groups is 1. The molecule has 0 unspecified atom stereocenters. The van der Waals surface area contributed by atoms with Crippen molar-refractivity contribution in [3.05, 3.63) is 49.4 Å². The van der Waals surface area contributed by atoms with E-state index in [-0.39, 0.29) is 12.5 Å². The second-order valence-corrected chi connectivity index (χ2v) is 9.71. The molecule has 3 rings (SSSR count). The van der Waals surface area contributed by atoms with Crippen LogP contribution in [0.2, 0.25) is 5.02 Å². The van der Waals surface area contributed by atoms with Gasteiger partial charge in [0, 0.05) is 0 Å². The lowest BCUT2D eigenvalue weighted by Crippen LogP contribution is -2.27. The third kappa shape index (κ3) is 5.92. The third-order valence-electron chi connectivity index (χ3n) is 4.38. The fourth-order valence-corrected chi connectivity index (χ4v) is 5.23. The van der Waals surface area contributed by atoms with Crippen molar-refractivity contribution in [2.75, 3.05) is 32.3 Å². The quantitative estimate of drug-likeness (QED) is 0.170. The highest BCUT2D eigenvalue weighted by Crippen LogP contribution is 2.40. The third-order valence-corrected chi connectivity index (χ3v) is 6.78. The van der Waals surface area contributed by atoms with E-state index in [0.29, 0.717) is 47.4 Å². The number of nitrogens with zero attached hydrogens (tertiary/aromatic N) is 1. The number of anilines is 1. The lowest BCUT2D eigenvalue weighted by Gasteiger charge is -2.16. The fraction of sp³-hybridized carbons (Fsp3) is 0.227. The molecule has 0 aromatic heterocycles. The van der Waals surface area contributed by atoms with Crippen LogP contribution in [-0.4, -0.2) is 43.6 Å². The van der Waals surface area contributed by atoms with Gasteiger partial charge in [-0.25, -0.2) is 4.79 Å². The molecule has 2 aromatic rings. The number of esters is 1. The molecule has 1 amide bonds. The first-order chi connectivity index (χ1) is 15.8. The van der Waals surface area contributed by atoms with Gasteiger partial charge in [-0.2, -0.15) is 0 Å². The van der Waals surface area contributed by atoms with Crippen LogP contribution in [0.1, 0.15) is 12.5 Å². The van der Waals surface area contributed by atoms with Crippen molar-refractivity contribution in [2.45, 2.75) is 6.92 Å². The number of methoxy groups -OCH3 is 2. The molecular weight excluding hydrogens is 601 g/mol. The Hall–Kier alpha value is -2.02. The minimum atomic E-state index is -0.500. The number of amides is 1. The van der Waals surface area contributed by atoms with Gasteiger partial charge in [-0.1, -0.05) is 35.6 Å². The highest BCUT2D eigenvalue weighted by molar-refractivity contribution is 14.1. The molecule has 1 saturated heterocycles. The maximum Gasteiger partial charge on any atom is 0.343 e. The molecule has 0 radical (unpaired) electrons. The number of ether oxygens (including phenoxy) is 4. The van der Waals surface area contributed by atoms with Crippen molar-refractivity contribution in [2.24, 2.45) is 0 Å². The summed E-state index contributed by atoms with van der Waals surface area (Å²) in [5, 5.41) is 0.381. The van der Waals surface area contributed by atoms with Crippen LogP contribution in [-0.2, 0) is 14.3 Å². The van der Waals surface area contributed by atoms with E-state index >= 15 is 0 Å². The smallest absolute Gasteiger partial charge is 0.343 e. The van der Waals surface area contributed by atoms with Gasteiger partial charge in [0.25, 0.3) is 5.91 Å². The standard InChI is InChI=1S/C22H19ClINO6S2/c1-4-30-17-8-12(7-15(24)20(17)31-11-19(26)29-3)9-18-21(27)25(22(32)33-18)13-5-6-16(28-2)14(23)10-13/h5-10H,4,11H2,1-3H3/b18-9+. The Morgan fingerprint density at radius 2 is 1.97 bits per heavy atom. The van der Waals surface area contributed by atoms with Crippen LogP contribution in [0, 0.1) is 3.57 Å². The molecule has 0 N–H and O–H groups in total. The SMILES string of the molecule is CCOc1cc(/C=C2/SC(=S)N(c3ccc(OC)c(Cl)c3)C2=O)cc(I)c1OCC(=O)OC. The van der Waals surface area contributed by atoms with E-state index in [1.807, 2.05) is 13.0 Å². The van der Waals surface area contributed by atoms with Crippen molar-refractivity contribution in [1.29, 1.82) is 0 Å². The molecule has 0 aliphatic carbocycles. The highest BCUT2D eigenvalue weighted by atomic mass is 127. The Bertz CT molecular complexity index is 1140. The molecule has 7 nitrogen and oxygen atoms in total. The number of carbonyl (C=O) groups excluding carboxylic acids is 2. The summed E-state index contributed by atoms with van der Waals surface area (Å²) in [7, 11) is 2.81. The molecule has 1 aliphatic rings. The minimum absolute atomic E-state index is 0.241. The molecule has 11 heteroatoms. The van der Waals surface area contributed by atoms with Crippen LogP contribution in [0.25, 0.3) is 6.08 Å². The Kier molecular flexibility index (Phi) is 8.85. The second kappa shape index (κ2) is 11.4. The van der Waals surface area contributed by atoms with Crippen molar-refractivity contribution in [1.82, 2.24) is 0 Å². The first-order valence-corrected chi connectivity index (χ1v) is 12.2. The molecule has 0 spiro atoms. The van der Waals surface area contributed by atoms with Gasteiger partial charge in [-0.05, 0) is 71.5 Å². The number of hydrogen-bond acceptors (Lipinski definition) is 8. The number of thioether (sulfide) groups is 1. The molecule has 0 atom stereocenters. The Morgan fingerprint density at radius 3 is 2.61 bits per heavy atom. The summed E-state index contributed by atoms with van der Waals surface area (Å²) in [6.07, 6.45) is 1.74. The largest absolute Gasteiger partial charge is 0.495 e. The molecule has 1 fully saturated rings. The van der Waals surface area contributed by atoms with Crippen LogP contribution in [0.4, 0.5) is 5.69 Å². The van der Waals surface area contributed by atoms with Crippen molar-refractivity contribution < 1.29 is 28.5 Å². The highest BCUT2D eigenvalue weighted by Gasteiger charge is 2.33. The van der Waals surface area contributed by atoms with E-state index in [1.54, 1.807) is 30.3 Å². The zero-order chi connectivity index (χ0) is 24.1. The van der Waals surface area contributed by atoms with Gasteiger partial charge in [0.15, 0.2) is 22.4 Å². The number of benzene rings is 2. The molecule has 2 aromatic carbocycles. The summed E-state index contributed by atoms with van der Waals surface area (Å²) in [6, 6.07) is 8.62. The van der Waals surface area contributed by atoms with Crippen LogP contribution in [0.5, 0.6) is 17.2 Å². The van der Waals surface area contributed by atoms with E-state index in [1.165, 1.54) is 30.9 Å². The molecule has 0 bridgehead atoms. The molecule has 1 aliphatic heterocycles. The first-order valence-electron chi connectivity index (χ1n) is 9.56. The maximum absolute atomic E-state index is 13.1. The van der Waals surface area contributed by atoms with Gasteiger partial charge in [0.2, 0.25) is 0 Å². The second-order valence-electron chi connectivity index (χ2n) is 6.46. The predicted octanol–water partition coefficient (Wildman–Crippen LogP) is 5.31. The summed E-state index contributed by atoms with van der Waals surface area (Å²) < 4.78 is 22.2. The monoisotopic (exact) mass is 619 g/mol. The topological polar surface area (TPSA) is 74.3 Å². The van der Waals surface area contributed by atoms with Crippen molar-refractivity contribution >= 4 is 86.1 Å². The Balaban J connectivity index is 1.91.